The zero-order valence-corrected chi connectivity index (χ0v) is 19.1. The van der Waals surface area contributed by atoms with E-state index in [1.54, 1.807) is 43.5 Å². The fourth-order valence-electron chi connectivity index (χ4n) is 3.55. The van der Waals surface area contributed by atoms with Gasteiger partial charge in [0.05, 0.1) is 12.8 Å². The summed E-state index contributed by atoms with van der Waals surface area (Å²) in [5.74, 6) is -0.470. The molecule has 0 saturated carbocycles. The van der Waals surface area contributed by atoms with E-state index in [-0.39, 0.29) is 12.2 Å². The third-order valence-electron chi connectivity index (χ3n) is 5.40. The van der Waals surface area contributed by atoms with Gasteiger partial charge in [0, 0.05) is 11.6 Å². The summed E-state index contributed by atoms with van der Waals surface area (Å²) in [6.07, 6.45) is 1.43. The Balaban J connectivity index is 1.68. The summed E-state index contributed by atoms with van der Waals surface area (Å²) in [5.41, 5.74) is 3.70. The number of hydrogen-bond acceptors (Lipinski definition) is 5. The number of rotatable bonds is 6. The maximum Gasteiger partial charge on any atom is 0.335 e. The van der Waals surface area contributed by atoms with E-state index in [9.17, 15) is 14.4 Å². The molecule has 1 aliphatic heterocycles. The Labute approximate surface area is 197 Å². The fourth-order valence-corrected chi connectivity index (χ4v) is 3.55. The van der Waals surface area contributed by atoms with Gasteiger partial charge in [-0.15, -0.1) is 0 Å². The molecule has 1 heterocycles. The topological polar surface area (TPSA) is 84.9 Å². The van der Waals surface area contributed by atoms with E-state index in [1.807, 2.05) is 44.2 Å². The van der Waals surface area contributed by atoms with Crippen molar-refractivity contribution in [2.24, 2.45) is 0 Å². The zero-order valence-electron chi connectivity index (χ0n) is 19.1. The summed E-state index contributed by atoms with van der Waals surface area (Å²) in [7, 11) is 1.54. The van der Waals surface area contributed by atoms with Gasteiger partial charge >= 0.3 is 6.03 Å². The van der Waals surface area contributed by atoms with Crippen LogP contribution in [0.25, 0.3) is 6.08 Å². The Morgan fingerprint density at radius 2 is 1.68 bits per heavy atom. The maximum absolute atomic E-state index is 13.2. The second kappa shape index (κ2) is 9.62. The van der Waals surface area contributed by atoms with Gasteiger partial charge in [0.25, 0.3) is 11.8 Å². The molecule has 0 bridgehead atoms. The number of nitrogens with zero attached hydrogens (tertiary/aromatic N) is 1. The molecular formula is C27H24N2O5. The van der Waals surface area contributed by atoms with E-state index < -0.39 is 17.8 Å². The number of methoxy groups -OCH3 is 1. The van der Waals surface area contributed by atoms with Crippen LogP contribution in [0.1, 0.15) is 22.3 Å². The molecule has 1 fully saturated rings. The summed E-state index contributed by atoms with van der Waals surface area (Å²) in [4.78, 5) is 39.2. The van der Waals surface area contributed by atoms with Crippen LogP contribution in [-0.4, -0.2) is 25.0 Å². The maximum atomic E-state index is 13.2. The lowest BCUT2D eigenvalue weighted by atomic mass is 10.1. The Kier molecular flexibility index (Phi) is 6.45. The predicted octanol–water partition coefficient (Wildman–Crippen LogP) is 4.56. The van der Waals surface area contributed by atoms with Crippen molar-refractivity contribution in [1.29, 1.82) is 0 Å². The van der Waals surface area contributed by atoms with Crippen molar-refractivity contribution < 1.29 is 23.9 Å². The Hall–Kier alpha value is -4.39. The molecule has 1 N–H and O–H groups in total. The molecule has 3 aromatic rings. The summed E-state index contributed by atoms with van der Waals surface area (Å²) >= 11 is 0. The van der Waals surface area contributed by atoms with Crippen molar-refractivity contribution in [2.45, 2.75) is 20.5 Å². The molecule has 0 radical (unpaired) electrons. The SMILES string of the molecule is COc1ccc(/C=C2\C(=O)NC(=O)N(c3cccc(C)c3)C2=O)c(OCc2ccc(C)cc2)c1. The third kappa shape index (κ3) is 4.83. The standard InChI is InChI=1S/C27H24N2O5/c1-17-7-9-19(10-8-17)16-34-24-15-22(33-3)12-11-20(24)14-23-25(30)28-27(32)29(26(23)31)21-6-4-5-18(2)13-21/h4-15H,16H2,1-3H3,(H,28,30,32)/b23-14+. The smallest absolute Gasteiger partial charge is 0.335 e. The molecule has 4 amide bonds. The third-order valence-corrected chi connectivity index (χ3v) is 5.40. The lowest BCUT2D eigenvalue weighted by Crippen LogP contribution is -2.54. The number of benzene rings is 3. The molecular weight excluding hydrogens is 432 g/mol. The van der Waals surface area contributed by atoms with Gasteiger partial charge in [-0.05, 0) is 55.3 Å². The zero-order chi connectivity index (χ0) is 24.2. The average molecular weight is 456 g/mol. The number of aryl methyl sites for hydroxylation is 2. The number of nitrogens with one attached hydrogen (secondary N) is 1. The molecule has 172 valence electrons. The van der Waals surface area contributed by atoms with Crippen molar-refractivity contribution in [3.63, 3.8) is 0 Å². The minimum Gasteiger partial charge on any atom is -0.497 e. The van der Waals surface area contributed by atoms with E-state index in [0.29, 0.717) is 22.7 Å². The van der Waals surface area contributed by atoms with E-state index in [4.69, 9.17) is 9.47 Å². The van der Waals surface area contributed by atoms with E-state index in [2.05, 4.69) is 5.32 Å². The second-order valence-corrected chi connectivity index (χ2v) is 7.97. The summed E-state index contributed by atoms with van der Waals surface area (Å²) in [6.45, 7) is 4.15. The van der Waals surface area contributed by atoms with Crippen LogP contribution in [0.2, 0.25) is 0 Å². The minimum atomic E-state index is -0.789. The highest BCUT2D eigenvalue weighted by Crippen LogP contribution is 2.29. The quantitative estimate of drug-likeness (QED) is 0.434. The van der Waals surface area contributed by atoms with Gasteiger partial charge in [0.2, 0.25) is 0 Å². The molecule has 34 heavy (non-hydrogen) atoms. The predicted molar refractivity (Wildman–Crippen MR) is 129 cm³/mol. The number of hydrogen-bond donors (Lipinski definition) is 1. The number of anilines is 1. The first-order valence-corrected chi connectivity index (χ1v) is 10.7. The Bertz CT molecular complexity index is 1290. The normalized spacial score (nSPS) is 14.9. The molecule has 4 rings (SSSR count). The van der Waals surface area contributed by atoms with Crippen LogP contribution in [0, 0.1) is 13.8 Å². The van der Waals surface area contributed by atoms with Crippen LogP contribution in [0.3, 0.4) is 0 Å². The number of carbonyl (C=O) groups is 3. The number of barbiturate groups is 1. The summed E-state index contributed by atoms with van der Waals surface area (Å²) < 4.78 is 11.3. The molecule has 0 spiro atoms. The van der Waals surface area contributed by atoms with Crippen molar-refractivity contribution in [1.82, 2.24) is 5.32 Å². The lowest BCUT2D eigenvalue weighted by molar-refractivity contribution is -0.122. The number of amides is 4. The summed E-state index contributed by atoms with van der Waals surface area (Å²) in [6, 6.07) is 19.2. The largest absolute Gasteiger partial charge is 0.497 e. The molecule has 1 saturated heterocycles. The van der Waals surface area contributed by atoms with Crippen LogP contribution >= 0.6 is 0 Å². The van der Waals surface area contributed by atoms with Gasteiger partial charge in [-0.2, -0.15) is 0 Å². The first-order chi connectivity index (χ1) is 16.4. The monoisotopic (exact) mass is 456 g/mol. The highest BCUT2D eigenvalue weighted by molar-refractivity contribution is 6.39. The van der Waals surface area contributed by atoms with Gasteiger partial charge in [-0.25, -0.2) is 9.69 Å². The van der Waals surface area contributed by atoms with Crippen molar-refractivity contribution in [3.05, 3.63) is 94.6 Å². The van der Waals surface area contributed by atoms with E-state index in [1.165, 1.54) is 6.08 Å². The molecule has 7 heteroatoms. The highest BCUT2D eigenvalue weighted by Gasteiger charge is 2.37. The van der Waals surface area contributed by atoms with Crippen molar-refractivity contribution in [2.75, 3.05) is 12.0 Å². The van der Waals surface area contributed by atoms with Crippen LogP contribution in [0.4, 0.5) is 10.5 Å². The summed E-state index contributed by atoms with van der Waals surface area (Å²) in [5, 5.41) is 2.25. The molecule has 1 aliphatic rings. The molecule has 0 aliphatic carbocycles. The van der Waals surface area contributed by atoms with Crippen LogP contribution < -0.4 is 19.7 Å². The number of urea groups is 1. The molecule has 0 unspecified atom stereocenters. The number of ether oxygens (including phenoxy) is 2. The Morgan fingerprint density at radius 3 is 2.38 bits per heavy atom. The Morgan fingerprint density at radius 1 is 0.912 bits per heavy atom. The second-order valence-electron chi connectivity index (χ2n) is 7.97. The molecule has 0 aromatic heterocycles. The molecule has 3 aromatic carbocycles. The van der Waals surface area contributed by atoms with Gasteiger partial charge in [0.15, 0.2) is 0 Å². The highest BCUT2D eigenvalue weighted by atomic mass is 16.5. The molecule has 0 atom stereocenters. The molecule has 7 nitrogen and oxygen atoms in total. The van der Waals surface area contributed by atoms with Crippen LogP contribution in [0.15, 0.2) is 72.3 Å². The van der Waals surface area contributed by atoms with Gasteiger partial charge in [-0.1, -0.05) is 42.0 Å². The van der Waals surface area contributed by atoms with Crippen LogP contribution in [-0.2, 0) is 16.2 Å². The van der Waals surface area contributed by atoms with Gasteiger partial charge in [-0.3, -0.25) is 14.9 Å². The van der Waals surface area contributed by atoms with Crippen LogP contribution in [0.5, 0.6) is 11.5 Å². The van der Waals surface area contributed by atoms with E-state index >= 15 is 0 Å². The van der Waals surface area contributed by atoms with Gasteiger partial charge < -0.3 is 9.47 Å². The number of imide groups is 2. The first-order valence-electron chi connectivity index (χ1n) is 10.7. The lowest BCUT2D eigenvalue weighted by Gasteiger charge is -2.26. The average Bonchev–Trinajstić information content (AvgIpc) is 2.81. The number of carbonyl (C=O) groups excluding carboxylic acids is 3. The van der Waals surface area contributed by atoms with Crippen molar-refractivity contribution >= 4 is 29.6 Å². The van der Waals surface area contributed by atoms with Crippen molar-refractivity contribution in [3.8, 4) is 11.5 Å². The fraction of sp³-hybridized carbons (Fsp3) is 0.148. The van der Waals surface area contributed by atoms with E-state index in [0.717, 1.165) is 21.6 Å². The minimum absolute atomic E-state index is 0.175. The van der Waals surface area contributed by atoms with Gasteiger partial charge in [0.1, 0.15) is 23.7 Å². The first kappa shape index (κ1) is 22.8.